The lowest BCUT2D eigenvalue weighted by Gasteiger charge is -1.86. The van der Waals surface area contributed by atoms with Gasteiger partial charge in [0, 0.05) is 23.6 Å². The molecule has 0 aliphatic rings. The number of anilines is 1. The summed E-state index contributed by atoms with van der Waals surface area (Å²) in [4.78, 5) is 14.9. The lowest BCUT2D eigenvalue weighted by atomic mass is 10.2. The highest BCUT2D eigenvalue weighted by atomic mass is 32.1. The minimum absolute atomic E-state index is 0.404. The van der Waals surface area contributed by atoms with Gasteiger partial charge in [0.15, 0.2) is 5.13 Å². The summed E-state index contributed by atoms with van der Waals surface area (Å²) in [5.41, 5.74) is 5.88. The molecule has 0 amide bonds. The zero-order valence-corrected chi connectivity index (χ0v) is 9.20. The summed E-state index contributed by atoms with van der Waals surface area (Å²) in [5.74, 6) is 1.58. The molecular formula is C11H9N3OS. The van der Waals surface area contributed by atoms with Crippen LogP contribution in [0.5, 0.6) is 0 Å². The van der Waals surface area contributed by atoms with Gasteiger partial charge in [-0.05, 0) is 12.2 Å². The van der Waals surface area contributed by atoms with Gasteiger partial charge in [0.25, 0.3) is 0 Å². The van der Waals surface area contributed by atoms with E-state index in [1.807, 2.05) is 12.1 Å². The molecule has 1 heterocycles. The summed E-state index contributed by atoms with van der Waals surface area (Å²) < 4.78 is 0. The van der Waals surface area contributed by atoms with Crippen LogP contribution in [0.3, 0.4) is 0 Å². The third kappa shape index (κ3) is 3.93. The molecule has 0 fully saturated rings. The lowest BCUT2D eigenvalue weighted by molar-refractivity contribution is 0.569. The Hall–Kier alpha value is -2.15. The van der Waals surface area contributed by atoms with E-state index in [2.05, 4.69) is 4.98 Å². The predicted molar refractivity (Wildman–Crippen MR) is 63.3 cm³/mol. The van der Waals surface area contributed by atoms with Gasteiger partial charge in [-0.25, -0.2) is 9.78 Å². The smallest absolute Gasteiger partial charge is 0.180 e. The fraction of sp³-hybridized carbons (Fsp3) is 0.0909. The van der Waals surface area contributed by atoms with E-state index in [4.69, 9.17) is 11.0 Å². The quantitative estimate of drug-likeness (QED) is 0.485. The van der Waals surface area contributed by atoms with Crippen LogP contribution in [0.25, 0.3) is 0 Å². The molecule has 0 aliphatic heterocycles. The van der Waals surface area contributed by atoms with Gasteiger partial charge < -0.3 is 5.73 Å². The molecule has 0 aliphatic carbocycles. The molecule has 16 heavy (non-hydrogen) atoms. The van der Waals surface area contributed by atoms with Gasteiger partial charge in [-0.3, -0.25) is 0 Å². The molecule has 0 unspecified atom stereocenters. The fourth-order valence-electron chi connectivity index (χ4n) is 0.973. The first-order valence-corrected chi connectivity index (χ1v) is 5.26. The van der Waals surface area contributed by atoms with Gasteiger partial charge in [0.1, 0.15) is 5.94 Å². The molecular weight excluding hydrogens is 222 g/mol. The van der Waals surface area contributed by atoms with Gasteiger partial charge in [0.2, 0.25) is 0 Å². The highest BCUT2D eigenvalue weighted by Gasteiger charge is 1.95. The third-order valence-electron chi connectivity index (χ3n) is 1.65. The number of aromatic nitrogens is 1. The average molecular weight is 231 g/mol. The monoisotopic (exact) mass is 231 g/mol. The standard InChI is InChI=1S/C11H9N3OS/c12-7-9(4-2-6-15)3-1-5-10-8-14-11(13)16-10/h1-4,8H,5H2,(H2,13,14)/b3-1-,9-4+. The molecule has 0 bridgehead atoms. The number of thiazole rings is 1. The summed E-state index contributed by atoms with van der Waals surface area (Å²) in [5, 5.41) is 9.24. The molecule has 4 nitrogen and oxygen atoms in total. The summed E-state index contributed by atoms with van der Waals surface area (Å²) in [6.07, 6.45) is 8.40. The van der Waals surface area contributed by atoms with Crippen LogP contribution < -0.4 is 5.73 Å². The summed E-state index contributed by atoms with van der Waals surface area (Å²) in [7, 11) is 0. The lowest BCUT2D eigenvalue weighted by Crippen LogP contribution is -1.77. The van der Waals surface area contributed by atoms with E-state index in [1.165, 1.54) is 17.4 Å². The SMILES string of the molecule is N#CC(/C=C\Cc1cnc(N)s1)=C/C=C=O. The molecule has 5 heteroatoms. The number of nitrogens with two attached hydrogens (primary N) is 1. The van der Waals surface area contributed by atoms with Gasteiger partial charge in [-0.2, -0.15) is 5.26 Å². The first-order valence-electron chi connectivity index (χ1n) is 4.44. The van der Waals surface area contributed by atoms with Crippen LogP contribution in [0, 0.1) is 11.3 Å². The van der Waals surface area contributed by atoms with Crippen molar-refractivity contribution in [1.29, 1.82) is 5.26 Å². The Balaban J connectivity index is 2.60. The number of nitriles is 1. The van der Waals surface area contributed by atoms with Gasteiger partial charge >= 0.3 is 0 Å². The first kappa shape index (κ1) is 11.9. The number of allylic oxidation sites excluding steroid dienone is 5. The number of nitrogen functional groups attached to an aromatic ring is 1. The van der Waals surface area contributed by atoms with Crippen LogP contribution >= 0.6 is 11.3 Å². The minimum Gasteiger partial charge on any atom is -0.375 e. The molecule has 0 radical (unpaired) electrons. The van der Waals surface area contributed by atoms with Crippen molar-refractivity contribution in [2.24, 2.45) is 0 Å². The molecule has 1 aromatic rings. The van der Waals surface area contributed by atoms with Crippen molar-refractivity contribution >= 4 is 22.4 Å². The maximum atomic E-state index is 9.94. The Bertz CT molecular complexity index is 502. The zero-order chi connectivity index (χ0) is 11.8. The molecule has 1 rings (SSSR count). The number of hydrogen-bond donors (Lipinski definition) is 1. The maximum absolute atomic E-state index is 9.94. The van der Waals surface area contributed by atoms with Gasteiger partial charge in [0.05, 0.1) is 11.6 Å². The summed E-state index contributed by atoms with van der Waals surface area (Å²) in [6.45, 7) is 0. The van der Waals surface area contributed by atoms with E-state index >= 15 is 0 Å². The van der Waals surface area contributed by atoms with E-state index in [-0.39, 0.29) is 0 Å². The van der Waals surface area contributed by atoms with Crippen molar-refractivity contribution in [3.63, 3.8) is 0 Å². The van der Waals surface area contributed by atoms with Gasteiger partial charge in [-0.1, -0.05) is 6.08 Å². The molecule has 0 spiro atoms. The van der Waals surface area contributed by atoms with Crippen LogP contribution in [0.2, 0.25) is 0 Å². The minimum atomic E-state index is 0.404. The third-order valence-corrected chi connectivity index (χ3v) is 2.50. The van der Waals surface area contributed by atoms with Gasteiger partial charge in [-0.15, -0.1) is 11.3 Å². The number of nitrogens with zero attached hydrogens (tertiary/aromatic N) is 2. The van der Waals surface area contributed by atoms with Crippen molar-refractivity contribution < 1.29 is 4.79 Å². The molecule has 0 saturated carbocycles. The number of rotatable bonds is 4. The van der Waals surface area contributed by atoms with Crippen LogP contribution in [0.1, 0.15) is 4.88 Å². The van der Waals surface area contributed by atoms with Crippen molar-refractivity contribution in [2.45, 2.75) is 6.42 Å². The van der Waals surface area contributed by atoms with E-state index in [0.717, 1.165) is 11.0 Å². The second kappa shape index (κ2) is 6.36. The van der Waals surface area contributed by atoms with Crippen molar-refractivity contribution in [1.82, 2.24) is 4.98 Å². The fourth-order valence-corrected chi connectivity index (χ4v) is 1.63. The zero-order valence-electron chi connectivity index (χ0n) is 8.38. The normalized spacial score (nSPS) is 11.1. The van der Waals surface area contributed by atoms with Crippen LogP contribution in [-0.2, 0) is 11.2 Å². The maximum Gasteiger partial charge on any atom is 0.180 e. The Morgan fingerprint density at radius 1 is 1.69 bits per heavy atom. The summed E-state index contributed by atoms with van der Waals surface area (Å²) >= 11 is 1.41. The van der Waals surface area contributed by atoms with Crippen molar-refractivity contribution in [3.8, 4) is 6.07 Å². The second-order valence-corrected chi connectivity index (χ2v) is 3.94. The largest absolute Gasteiger partial charge is 0.375 e. The van der Waals surface area contributed by atoms with Crippen molar-refractivity contribution in [2.75, 3.05) is 5.73 Å². The van der Waals surface area contributed by atoms with E-state index < -0.39 is 0 Å². The Labute approximate surface area is 97.0 Å². The average Bonchev–Trinajstić information content (AvgIpc) is 2.69. The second-order valence-electron chi connectivity index (χ2n) is 2.79. The van der Waals surface area contributed by atoms with Crippen LogP contribution in [0.4, 0.5) is 5.13 Å². The molecule has 0 atom stereocenters. The van der Waals surface area contributed by atoms with E-state index in [1.54, 1.807) is 18.2 Å². The predicted octanol–water partition coefficient (Wildman–Crippen LogP) is 1.66. The molecule has 0 saturated heterocycles. The Morgan fingerprint density at radius 2 is 2.50 bits per heavy atom. The van der Waals surface area contributed by atoms with Crippen molar-refractivity contribution in [3.05, 3.63) is 41.0 Å². The number of hydrogen-bond acceptors (Lipinski definition) is 5. The van der Waals surface area contributed by atoms with E-state index in [9.17, 15) is 4.79 Å². The molecule has 2 N–H and O–H groups in total. The molecule has 80 valence electrons. The number of carbonyl (C=O) groups excluding carboxylic acids is 1. The Morgan fingerprint density at radius 3 is 3.06 bits per heavy atom. The van der Waals surface area contributed by atoms with Crippen LogP contribution in [-0.4, -0.2) is 10.9 Å². The van der Waals surface area contributed by atoms with Crippen LogP contribution in [0.15, 0.2) is 36.1 Å². The highest BCUT2D eigenvalue weighted by Crippen LogP contribution is 2.15. The molecule has 1 aromatic heterocycles. The first-order chi connectivity index (χ1) is 7.76. The summed E-state index contributed by atoms with van der Waals surface area (Å²) in [6, 6.07) is 1.96. The Kier molecular flexibility index (Phi) is 4.74. The van der Waals surface area contributed by atoms with E-state index in [0.29, 0.717) is 17.1 Å². The topological polar surface area (TPSA) is 79.8 Å². The highest BCUT2D eigenvalue weighted by molar-refractivity contribution is 7.15. The molecule has 0 aromatic carbocycles.